The number of hydrogen-bond donors (Lipinski definition) is 2. The third-order valence-electron chi connectivity index (χ3n) is 1.61. The Labute approximate surface area is 76.5 Å². The smallest absolute Gasteiger partial charge is 0.139 e. The number of aldehydes is 1. The fourth-order valence-corrected chi connectivity index (χ4v) is 1.03. The fraction of sp³-hybridized carbons (Fsp3) is 0.111. The third kappa shape index (κ3) is 2.05. The number of nitrogens with one attached hydrogen (secondary N) is 1. The zero-order chi connectivity index (χ0) is 9.68. The fourth-order valence-electron chi connectivity index (χ4n) is 1.03. The number of nitrogens with zero attached hydrogens (tertiary/aromatic N) is 1. The van der Waals surface area contributed by atoms with Crippen LogP contribution in [0.5, 0.6) is 0 Å². The molecule has 13 heavy (non-hydrogen) atoms. The molecule has 0 heterocycles. The predicted molar refractivity (Wildman–Crippen MR) is 54.6 cm³/mol. The van der Waals surface area contributed by atoms with E-state index >= 15 is 0 Å². The van der Waals surface area contributed by atoms with Crippen molar-refractivity contribution in [2.24, 2.45) is 4.99 Å². The molecule has 4 heteroatoms. The highest BCUT2D eigenvalue weighted by Crippen LogP contribution is 2.29. The summed E-state index contributed by atoms with van der Waals surface area (Å²) in [5.74, 6) is 0. The number of aliphatic imine (C=N–C) groups is 1. The minimum atomic E-state index is 0.219. The first kappa shape index (κ1) is 9.25. The second-order valence-electron chi connectivity index (χ2n) is 2.45. The van der Waals surface area contributed by atoms with Gasteiger partial charge in [-0.3, -0.25) is 4.99 Å². The Balaban J connectivity index is 2.99. The van der Waals surface area contributed by atoms with E-state index in [0.29, 0.717) is 17.1 Å². The number of rotatable bonds is 4. The number of carbonyl (C=O) groups is 1. The molecule has 0 amide bonds. The van der Waals surface area contributed by atoms with Gasteiger partial charge in [0.1, 0.15) is 6.29 Å². The largest absolute Gasteiger partial charge is 0.397 e. The van der Waals surface area contributed by atoms with Crippen LogP contribution in [0.1, 0.15) is 0 Å². The van der Waals surface area contributed by atoms with Crippen LogP contribution in [0.25, 0.3) is 0 Å². The van der Waals surface area contributed by atoms with E-state index in [0.717, 1.165) is 6.29 Å². The first-order chi connectivity index (χ1) is 6.29. The molecule has 1 rings (SSSR count). The zero-order valence-corrected chi connectivity index (χ0v) is 7.16. The standard InChI is InChI=1S/C9H11N3O/c1-11-8-4-2-3-7(10)9(8)12-5-6-13/h2-4,6,12H,1,5,10H2. The van der Waals surface area contributed by atoms with Crippen LogP contribution in [-0.4, -0.2) is 19.5 Å². The van der Waals surface area contributed by atoms with Gasteiger partial charge in [-0.05, 0) is 18.9 Å². The second kappa shape index (κ2) is 4.25. The molecule has 0 atom stereocenters. The van der Waals surface area contributed by atoms with E-state index in [2.05, 4.69) is 17.0 Å². The summed E-state index contributed by atoms with van der Waals surface area (Å²) >= 11 is 0. The maximum Gasteiger partial charge on any atom is 0.139 e. The van der Waals surface area contributed by atoms with Crippen molar-refractivity contribution in [1.29, 1.82) is 0 Å². The molecule has 0 fully saturated rings. The van der Waals surface area contributed by atoms with E-state index < -0.39 is 0 Å². The topological polar surface area (TPSA) is 67.5 Å². The van der Waals surface area contributed by atoms with Gasteiger partial charge in [0, 0.05) is 0 Å². The van der Waals surface area contributed by atoms with Crippen molar-refractivity contribution in [1.82, 2.24) is 0 Å². The average molecular weight is 177 g/mol. The summed E-state index contributed by atoms with van der Waals surface area (Å²) in [4.78, 5) is 13.9. The summed E-state index contributed by atoms with van der Waals surface area (Å²) in [6, 6.07) is 5.30. The summed E-state index contributed by atoms with van der Waals surface area (Å²) in [5, 5.41) is 2.86. The number of benzene rings is 1. The monoisotopic (exact) mass is 177 g/mol. The summed E-state index contributed by atoms with van der Waals surface area (Å²) in [6.45, 7) is 3.63. The van der Waals surface area contributed by atoms with E-state index in [1.807, 2.05) is 0 Å². The maximum absolute atomic E-state index is 10.1. The second-order valence-corrected chi connectivity index (χ2v) is 2.45. The van der Waals surface area contributed by atoms with Crippen LogP contribution in [0.2, 0.25) is 0 Å². The SMILES string of the molecule is C=Nc1cccc(N)c1NCC=O. The van der Waals surface area contributed by atoms with Crippen molar-refractivity contribution in [2.75, 3.05) is 17.6 Å². The van der Waals surface area contributed by atoms with Crippen molar-refractivity contribution in [2.45, 2.75) is 0 Å². The van der Waals surface area contributed by atoms with Gasteiger partial charge in [-0.15, -0.1) is 0 Å². The molecular formula is C9H11N3O. The van der Waals surface area contributed by atoms with Crippen LogP contribution in [0.15, 0.2) is 23.2 Å². The molecule has 68 valence electrons. The highest BCUT2D eigenvalue weighted by atomic mass is 16.1. The number of carbonyl (C=O) groups excluding carboxylic acids is 1. The van der Waals surface area contributed by atoms with Gasteiger partial charge >= 0.3 is 0 Å². The molecular weight excluding hydrogens is 166 g/mol. The van der Waals surface area contributed by atoms with E-state index in [4.69, 9.17) is 5.73 Å². The Bertz CT molecular complexity index is 323. The Kier molecular flexibility index (Phi) is 3.03. The van der Waals surface area contributed by atoms with Crippen LogP contribution in [0, 0.1) is 0 Å². The molecule has 0 aliphatic carbocycles. The van der Waals surface area contributed by atoms with Crippen LogP contribution in [0.4, 0.5) is 17.1 Å². The molecule has 3 N–H and O–H groups in total. The van der Waals surface area contributed by atoms with Crippen molar-refractivity contribution >= 4 is 30.1 Å². The summed E-state index contributed by atoms with van der Waals surface area (Å²) in [6.07, 6.45) is 0.763. The van der Waals surface area contributed by atoms with Gasteiger partial charge in [0.25, 0.3) is 0 Å². The van der Waals surface area contributed by atoms with Crippen molar-refractivity contribution in [3.8, 4) is 0 Å². The summed E-state index contributed by atoms with van der Waals surface area (Å²) < 4.78 is 0. The van der Waals surface area contributed by atoms with E-state index in [1.165, 1.54) is 0 Å². The van der Waals surface area contributed by atoms with Crippen LogP contribution >= 0.6 is 0 Å². The lowest BCUT2D eigenvalue weighted by Gasteiger charge is -2.08. The summed E-state index contributed by atoms with van der Waals surface area (Å²) in [5.41, 5.74) is 7.54. The number of nitrogens with two attached hydrogens (primary N) is 1. The first-order valence-electron chi connectivity index (χ1n) is 3.82. The molecule has 0 aliphatic heterocycles. The molecule has 1 aromatic carbocycles. The van der Waals surface area contributed by atoms with Gasteiger partial charge in [0.2, 0.25) is 0 Å². The molecule has 0 saturated heterocycles. The molecule has 1 aromatic rings. The van der Waals surface area contributed by atoms with Crippen LogP contribution < -0.4 is 11.1 Å². The predicted octanol–water partition coefficient (Wildman–Crippen LogP) is 1.21. The van der Waals surface area contributed by atoms with Crippen LogP contribution in [-0.2, 0) is 4.79 Å². The van der Waals surface area contributed by atoms with Gasteiger partial charge in [0.05, 0.1) is 23.6 Å². The highest BCUT2D eigenvalue weighted by molar-refractivity contribution is 5.81. The lowest BCUT2D eigenvalue weighted by Crippen LogP contribution is -2.04. The normalized spacial score (nSPS) is 9.23. The molecule has 0 aromatic heterocycles. The minimum Gasteiger partial charge on any atom is -0.397 e. The van der Waals surface area contributed by atoms with Crippen molar-refractivity contribution < 1.29 is 4.79 Å². The average Bonchev–Trinajstić information content (AvgIpc) is 2.15. The lowest BCUT2D eigenvalue weighted by molar-refractivity contribution is -0.106. The molecule has 0 bridgehead atoms. The number of hydrogen-bond acceptors (Lipinski definition) is 4. The lowest BCUT2D eigenvalue weighted by atomic mass is 10.2. The molecule has 0 spiro atoms. The van der Waals surface area contributed by atoms with Gasteiger partial charge in [-0.25, -0.2) is 0 Å². The third-order valence-corrected chi connectivity index (χ3v) is 1.61. The van der Waals surface area contributed by atoms with Crippen molar-refractivity contribution in [3.05, 3.63) is 18.2 Å². The number of anilines is 2. The Hall–Kier alpha value is -1.84. The molecule has 0 unspecified atom stereocenters. The quantitative estimate of drug-likeness (QED) is 0.412. The van der Waals surface area contributed by atoms with Crippen LogP contribution in [0.3, 0.4) is 0 Å². The molecule has 0 saturated carbocycles. The number of nitrogen functional groups attached to an aromatic ring is 1. The van der Waals surface area contributed by atoms with Gasteiger partial charge < -0.3 is 15.8 Å². The zero-order valence-electron chi connectivity index (χ0n) is 7.16. The van der Waals surface area contributed by atoms with Gasteiger partial charge in [-0.2, -0.15) is 0 Å². The van der Waals surface area contributed by atoms with Gasteiger partial charge in [-0.1, -0.05) is 6.07 Å². The Morgan fingerprint density at radius 3 is 3.00 bits per heavy atom. The van der Waals surface area contributed by atoms with E-state index in [1.54, 1.807) is 18.2 Å². The summed E-state index contributed by atoms with van der Waals surface area (Å²) in [7, 11) is 0. The van der Waals surface area contributed by atoms with Crippen molar-refractivity contribution in [3.63, 3.8) is 0 Å². The van der Waals surface area contributed by atoms with E-state index in [9.17, 15) is 4.79 Å². The van der Waals surface area contributed by atoms with E-state index in [-0.39, 0.29) is 6.54 Å². The number of para-hydroxylation sites is 1. The highest BCUT2D eigenvalue weighted by Gasteiger charge is 2.02. The Morgan fingerprint density at radius 1 is 1.62 bits per heavy atom. The molecule has 0 aliphatic rings. The molecule has 0 radical (unpaired) electrons. The maximum atomic E-state index is 10.1. The van der Waals surface area contributed by atoms with Gasteiger partial charge in [0.15, 0.2) is 0 Å². The minimum absolute atomic E-state index is 0.219. The molecule has 4 nitrogen and oxygen atoms in total. The first-order valence-corrected chi connectivity index (χ1v) is 3.82. The Morgan fingerprint density at radius 2 is 2.38 bits per heavy atom.